The van der Waals surface area contributed by atoms with Gasteiger partial charge in [0.25, 0.3) is 0 Å². The van der Waals surface area contributed by atoms with Gasteiger partial charge in [0.05, 0.1) is 12.2 Å². The van der Waals surface area contributed by atoms with Gasteiger partial charge in [0.15, 0.2) is 5.82 Å². The molecule has 8 heteroatoms. The molecule has 0 fully saturated rings. The highest BCUT2D eigenvalue weighted by Crippen LogP contribution is 2.18. The van der Waals surface area contributed by atoms with Crippen molar-refractivity contribution < 1.29 is 14.1 Å². The lowest BCUT2D eigenvalue weighted by Crippen LogP contribution is -2.04. The van der Waals surface area contributed by atoms with Gasteiger partial charge >= 0.3 is 5.97 Å². The van der Waals surface area contributed by atoms with Gasteiger partial charge < -0.3 is 19.9 Å². The third kappa shape index (κ3) is 4.31. The number of hydrogen-bond donors (Lipinski definition) is 2. The Morgan fingerprint density at radius 1 is 1.16 bits per heavy atom. The molecule has 0 radical (unpaired) electrons. The molecule has 0 aliphatic heterocycles. The van der Waals surface area contributed by atoms with Crippen LogP contribution < -0.4 is 10.6 Å². The summed E-state index contributed by atoms with van der Waals surface area (Å²) in [5.41, 5.74) is 1.29. The van der Waals surface area contributed by atoms with E-state index in [2.05, 4.69) is 25.8 Å². The van der Waals surface area contributed by atoms with Crippen molar-refractivity contribution in [2.45, 2.75) is 13.8 Å². The number of nitrogens with zero attached hydrogens (tertiary/aromatic N) is 3. The van der Waals surface area contributed by atoms with E-state index in [0.717, 1.165) is 5.69 Å². The maximum Gasteiger partial charge on any atom is 0.338 e. The van der Waals surface area contributed by atoms with Crippen LogP contribution >= 0.6 is 0 Å². The second kappa shape index (κ2) is 7.43. The van der Waals surface area contributed by atoms with E-state index in [-0.39, 0.29) is 5.97 Å². The average molecular weight is 339 g/mol. The van der Waals surface area contributed by atoms with Gasteiger partial charge in [0.2, 0.25) is 5.95 Å². The van der Waals surface area contributed by atoms with Crippen LogP contribution in [0.4, 0.5) is 23.3 Å². The zero-order chi connectivity index (χ0) is 17.6. The quantitative estimate of drug-likeness (QED) is 0.659. The summed E-state index contributed by atoms with van der Waals surface area (Å²) in [4.78, 5) is 20.1. The van der Waals surface area contributed by atoms with E-state index in [1.54, 1.807) is 56.4 Å². The van der Waals surface area contributed by atoms with Crippen LogP contribution in [0.15, 0.2) is 47.1 Å². The highest BCUT2D eigenvalue weighted by Gasteiger charge is 2.07. The van der Waals surface area contributed by atoms with Gasteiger partial charge in [-0.25, -0.2) is 9.78 Å². The summed E-state index contributed by atoms with van der Waals surface area (Å²) in [6, 6.07) is 10.4. The zero-order valence-corrected chi connectivity index (χ0v) is 13.8. The molecule has 2 heterocycles. The third-order valence-electron chi connectivity index (χ3n) is 3.19. The van der Waals surface area contributed by atoms with E-state index in [1.807, 2.05) is 0 Å². The number of carbonyl (C=O) groups excluding carboxylic acids is 1. The molecule has 0 aliphatic rings. The number of ether oxygens (including phenoxy) is 1. The topological polar surface area (TPSA) is 102 Å². The Morgan fingerprint density at radius 2 is 1.96 bits per heavy atom. The van der Waals surface area contributed by atoms with Gasteiger partial charge in [-0.2, -0.15) is 4.98 Å². The Bertz CT molecular complexity index is 861. The molecule has 3 rings (SSSR count). The van der Waals surface area contributed by atoms with Crippen LogP contribution in [0.1, 0.15) is 23.0 Å². The molecule has 0 spiro atoms. The number of esters is 1. The lowest BCUT2D eigenvalue weighted by atomic mass is 10.2. The first-order valence-corrected chi connectivity index (χ1v) is 7.71. The molecule has 3 aromatic rings. The van der Waals surface area contributed by atoms with Crippen LogP contribution in [-0.2, 0) is 4.74 Å². The molecule has 2 N–H and O–H groups in total. The number of rotatable bonds is 6. The molecule has 0 unspecified atom stereocenters. The van der Waals surface area contributed by atoms with Crippen molar-refractivity contribution in [1.29, 1.82) is 0 Å². The Morgan fingerprint density at radius 3 is 2.64 bits per heavy atom. The van der Waals surface area contributed by atoms with Crippen molar-refractivity contribution in [3.63, 3.8) is 0 Å². The van der Waals surface area contributed by atoms with Crippen LogP contribution in [0.5, 0.6) is 0 Å². The number of carbonyl (C=O) groups is 1. The van der Waals surface area contributed by atoms with Crippen LogP contribution in [0.3, 0.4) is 0 Å². The Kier molecular flexibility index (Phi) is 4.89. The maximum absolute atomic E-state index is 11.6. The molecule has 0 atom stereocenters. The normalized spacial score (nSPS) is 10.3. The summed E-state index contributed by atoms with van der Waals surface area (Å²) in [6.07, 6.45) is 1.62. The summed E-state index contributed by atoms with van der Waals surface area (Å²) in [5, 5.41) is 9.94. The molecule has 0 amide bonds. The molecular formula is C17H17N5O3. The lowest BCUT2D eigenvalue weighted by Gasteiger charge is -2.08. The largest absolute Gasteiger partial charge is 0.462 e. The van der Waals surface area contributed by atoms with Gasteiger partial charge in [-0.3, -0.25) is 0 Å². The summed E-state index contributed by atoms with van der Waals surface area (Å²) >= 11 is 0. The van der Waals surface area contributed by atoms with E-state index in [1.165, 1.54) is 0 Å². The predicted octanol–water partition coefficient (Wildman–Crippen LogP) is 3.44. The van der Waals surface area contributed by atoms with Crippen molar-refractivity contribution in [3.8, 4) is 0 Å². The standard InChI is InChI=1S/C17H17N5O3/c1-3-24-16(23)12-4-6-13(7-5-12)19-14-8-9-18-17(20-14)21-15-10-11(2)25-22-15/h4-10H,3H2,1-2H3,(H2,18,19,20,21,22). The number of aryl methyl sites for hydroxylation is 1. The molecule has 0 aliphatic carbocycles. The van der Waals surface area contributed by atoms with Gasteiger partial charge in [-0.05, 0) is 44.2 Å². The number of aromatic nitrogens is 3. The van der Waals surface area contributed by atoms with E-state index >= 15 is 0 Å². The SMILES string of the molecule is CCOC(=O)c1ccc(Nc2ccnc(Nc3cc(C)on3)n2)cc1. The highest BCUT2D eigenvalue weighted by atomic mass is 16.5. The molecule has 128 valence electrons. The zero-order valence-electron chi connectivity index (χ0n) is 13.8. The highest BCUT2D eigenvalue weighted by molar-refractivity contribution is 5.89. The van der Waals surface area contributed by atoms with Crippen molar-refractivity contribution in [3.05, 3.63) is 53.9 Å². The number of benzene rings is 1. The fraction of sp³-hybridized carbons (Fsp3) is 0.176. The van der Waals surface area contributed by atoms with Crippen molar-refractivity contribution in [2.75, 3.05) is 17.2 Å². The number of nitrogens with one attached hydrogen (secondary N) is 2. The first-order valence-electron chi connectivity index (χ1n) is 7.71. The smallest absolute Gasteiger partial charge is 0.338 e. The van der Waals surface area contributed by atoms with E-state index in [9.17, 15) is 4.79 Å². The third-order valence-corrected chi connectivity index (χ3v) is 3.19. The van der Waals surface area contributed by atoms with Crippen LogP contribution in [-0.4, -0.2) is 27.7 Å². The summed E-state index contributed by atoms with van der Waals surface area (Å²) < 4.78 is 9.95. The maximum atomic E-state index is 11.6. The van der Waals surface area contributed by atoms with Gasteiger partial charge in [-0.15, -0.1) is 0 Å². The minimum atomic E-state index is -0.342. The van der Waals surface area contributed by atoms with Crippen LogP contribution in [0.2, 0.25) is 0 Å². The number of anilines is 4. The first-order chi connectivity index (χ1) is 12.1. The fourth-order valence-electron chi connectivity index (χ4n) is 2.08. The predicted molar refractivity (Wildman–Crippen MR) is 92.2 cm³/mol. The summed E-state index contributed by atoms with van der Waals surface area (Å²) in [6.45, 7) is 3.92. The van der Waals surface area contributed by atoms with Gasteiger partial charge in [0, 0.05) is 18.0 Å². The molecule has 0 bridgehead atoms. The minimum Gasteiger partial charge on any atom is -0.462 e. The molecular weight excluding hydrogens is 322 g/mol. The summed E-state index contributed by atoms with van der Waals surface area (Å²) in [7, 11) is 0. The van der Waals surface area contributed by atoms with Gasteiger partial charge in [0.1, 0.15) is 11.6 Å². The van der Waals surface area contributed by atoms with Crippen LogP contribution in [0.25, 0.3) is 0 Å². The van der Waals surface area contributed by atoms with Gasteiger partial charge in [-0.1, -0.05) is 5.16 Å². The molecule has 25 heavy (non-hydrogen) atoms. The van der Waals surface area contributed by atoms with Crippen molar-refractivity contribution >= 4 is 29.2 Å². The molecule has 0 saturated carbocycles. The second-order valence-electron chi connectivity index (χ2n) is 5.14. The van der Waals surface area contributed by atoms with E-state index in [4.69, 9.17) is 9.26 Å². The first kappa shape index (κ1) is 16.4. The minimum absolute atomic E-state index is 0.342. The molecule has 1 aromatic carbocycles. The molecule has 8 nitrogen and oxygen atoms in total. The molecule has 0 saturated heterocycles. The average Bonchev–Trinajstić information content (AvgIpc) is 3.01. The fourth-order valence-corrected chi connectivity index (χ4v) is 2.08. The second-order valence-corrected chi connectivity index (χ2v) is 5.14. The molecule has 2 aromatic heterocycles. The Hall–Kier alpha value is -3.42. The van der Waals surface area contributed by atoms with E-state index in [0.29, 0.717) is 35.5 Å². The van der Waals surface area contributed by atoms with Crippen molar-refractivity contribution in [2.24, 2.45) is 0 Å². The Labute approximate surface area is 144 Å². The van der Waals surface area contributed by atoms with Crippen LogP contribution in [0, 0.1) is 6.92 Å². The van der Waals surface area contributed by atoms with Crippen molar-refractivity contribution in [1.82, 2.24) is 15.1 Å². The monoisotopic (exact) mass is 339 g/mol. The number of hydrogen-bond acceptors (Lipinski definition) is 8. The Balaban J connectivity index is 1.68. The van der Waals surface area contributed by atoms with E-state index < -0.39 is 0 Å². The lowest BCUT2D eigenvalue weighted by molar-refractivity contribution is 0.0526. The summed E-state index contributed by atoms with van der Waals surface area (Å²) in [5.74, 6) is 1.88.